The maximum absolute atomic E-state index is 9.96. The van der Waals surface area contributed by atoms with E-state index in [9.17, 15) is 10.2 Å². The summed E-state index contributed by atoms with van der Waals surface area (Å²) >= 11 is 0. The smallest absolute Gasteiger partial charge is 0.275 e. The van der Waals surface area contributed by atoms with Crippen LogP contribution in [0.15, 0.2) is 40.6 Å². The first-order chi connectivity index (χ1) is 10.5. The lowest BCUT2D eigenvalue weighted by molar-refractivity contribution is 0.456. The molecule has 2 aromatic carbocycles. The zero-order valence-corrected chi connectivity index (χ0v) is 11.2. The van der Waals surface area contributed by atoms with Crippen LogP contribution in [-0.2, 0) is 0 Å². The van der Waals surface area contributed by atoms with Crippen molar-refractivity contribution in [1.82, 2.24) is 15.0 Å². The minimum Gasteiger partial charge on any atom is -0.507 e. The lowest BCUT2D eigenvalue weighted by atomic mass is 10.1. The van der Waals surface area contributed by atoms with Crippen molar-refractivity contribution in [1.29, 1.82) is 0 Å². The van der Waals surface area contributed by atoms with Crippen LogP contribution >= 0.6 is 0 Å². The van der Waals surface area contributed by atoms with Gasteiger partial charge in [-0.2, -0.15) is 15.0 Å². The van der Waals surface area contributed by atoms with Gasteiger partial charge in [-0.25, -0.2) is 0 Å². The summed E-state index contributed by atoms with van der Waals surface area (Å²) in [6, 6.07) is 8.08. The first-order valence-electron chi connectivity index (χ1n) is 6.17. The molecule has 0 saturated heterocycles. The number of anilines is 2. The van der Waals surface area contributed by atoms with Crippen molar-refractivity contribution in [3.63, 3.8) is 0 Å². The number of rotatable bonds is 2. The van der Waals surface area contributed by atoms with Crippen molar-refractivity contribution in [2.45, 2.75) is 0 Å². The molecule has 22 heavy (non-hydrogen) atoms. The summed E-state index contributed by atoms with van der Waals surface area (Å²) in [5, 5.41) is 28.6. The Bertz CT molecular complexity index is 875. The van der Waals surface area contributed by atoms with Gasteiger partial charge < -0.3 is 21.7 Å². The normalized spacial score (nSPS) is 11.3. The fourth-order valence-electron chi connectivity index (χ4n) is 1.97. The minimum absolute atomic E-state index is 0.0549. The number of phenols is 2. The molecular formula is C13H11N7O2. The lowest BCUT2D eigenvalue weighted by Gasteiger charge is -2.05. The number of azo groups is 1. The third-order valence-corrected chi connectivity index (χ3v) is 2.87. The number of hydrogen-bond donors (Lipinski definition) is 4. The van der Waals surface area contributed by atoms with Crippen molar-refractivity contribution in [3.05, 3.63) is 30.3 Å². The summed E-state index contributed by atoms with van der Waals surface area (Å²) in [4.78, 5) is 11.1. The Morgan fingerprint density at radius 3 is 2.14 bits per heavy atom. The number of benzene rings is 2. The molecule has 110 valence electrons. The lowest BCUT2D eigenvalue weighted by Crippen LogP contribution is -2.01. The Kier molecular flexibility index (Phi) is 3.14. The number of nitrogens with two attached hydrogens (primary N) is 2. The Balaban J connectivity index is 2.12. The van der Waals surface area contributed by atoms with Crippen LogP contribution in [0, 0.1) is 0 Å². The third-order valence-electron chi connectivity index (χ3n) is 2.87. The summed E-state index contributed by atoms with van der Waals surface area (Å²) in [5.74, 6) is -0.528. The quantitative estimate of drug-likeness (QED) is 0.527. The van der Waals surface area contributed by atoms with Gasteiger partial charge in [-0.3, -0.25) is 0 Å². The Morgan fingerprint density at radius 2 is 1.45 bits per heavy atom. The number of hydrogen-bond acceptors (Lipinski definition) is 9. The summed E-state index contributed by atoms with van der Waals surface area (Å²) in [6.45, 7) is 0. The average Bonchev–Trinajstić information content (AvgIpc) is 2.46. The summed E-state index contributed by atoms with van der Waals surface area (Å²) < 4.78 is 0. The second-order valence-corrected chi connectivity index (χ2v) is 4.36. The third kappa shape index (κ3) is 2.42. The molecule has 1 aromatic heterocycles. The Hall–Kier alpha value is -3.49. The van der Waals surface area contributed by atoms with Gasteiger partial charge in [-0.05, 0) is 0 Å². The predicted molar refractivity (Wildman–Crippen MR) is 80.1 cm³/mol. The van der Waals surface area contributed by atoms with Crippen molar-refractivity contribution in [2.24, 2.45) is 10.2 Å². The van der Waals surface area contributed by atoms with Gasteiger partial charge in [0.25, 0.3) is 5.95 Å². The molecule has 0 spiro atoms. The monoisotopic (exact) mass is 297 g/mol. The molecule has 6 N–H and O–H groups in total. The molecule has 0 aliphatic rings. The van der Waals surface area contributed by atoms with Gasteiger partial charge in [0.2, 0.25) is 11.9 Å². The zero-order chi connectivity index (χ0) is 15.7. The first kappa shape index (κ1) is 13.5. The maximum Gasteiger partial charge on any atom is 0.275 e. The number of aromatic hydroxyl groups is 2. The van der Waals surface area contributed by atoms with Crippen LogP contribution in [0.3, 0.4) is 0 Å². The van der Waals surface area contributed by atoms with Crippen LogP contribution in [0.4, 0.5) is 23.5 Å². The van der Waals surface area contributed by atoms with E-state index in [0.29, 0.717) is 10.8 Å². The van der Waals surface area contributed by atoms with E-state index in [1.54, 1.807) is 24.3 Å². The van der Waals surface area contributed by atoms with Gasteiger partial charge in [0.15, 0.2) is 0 Å². The van der Waals surface area contributed by atoms with E-state index in [4.69, 9.17) is 11.5 Å². The fourth-order valence-corrected chi connectivity index (χ4v) is 1.97. The second kappa shape index (κ2) is 5.13. The number of aromatic nitrogens is 3. The van der Waals surface area contributed by atoms with E-state index in [1.807, 2.05) is 0 Å². The SMILES string of the molecule is Nc1nc(N)nc(/N=N/c2c(O)cc(O)c3ccccc23)n1. The van der Waals surface area contributed by atoms with E-state index < -0.39 is 0 Å². The van der Waals surface area contributed by atoms with Crippen LogP contribution < -0.4 is 11.5 Å². The van der Waals surface area contributed by atoms with E-state index in [0.717, 1.165) is 0 Å². The van der Waals surface area contributed by atoms with Gasteiger partial charge >= 0.3 is 0 Å². The van der Waals surface area contributed by atoms with Crippen LogP contribution in [0.2, 0.25) is 0 Å². The van der Waals surface area contributed by atoms with E-state index in [2.05, 4.69) is 25.2 Å². The van der Waals surface area contributed by atoms with Crippen molar-refractivity contribution < 1.29 is 10.2 Å². The molecule has 0 aliphatic carbocycles. The van der Waals surface area contributed by atoms with Crippen LogP contribution in [0.5, 0.6) is 11.5 Å². The molecule has 9 nitrogen and oxygen atoms in total. The maximum atomic E-state index is 9.96. The molecule has 0 aliphatic heterocycles. The highest BCUT2D eigenvalue weighted by Gasteiger charge is 2.11. The zero-order valence-electron chi connectivity index (χ0n) is 11.2. The largest absolute Gasteiger partial charge is 0.507 e. The first-order valence-corrected chi connectivity index (χ1v) is 6.17. The van der Waals surface area contributed by atoms with Crippen LogP contribution in [-0.4, -0.2) is 25.2 Å². The fraction of sp³-hybridized carbons (Fsp3) is 0. The Morgan fingerprint density at radius 1 is 0.818 bits per heavy atom. The molecule has 0 unspecified atom stereocenters. The van der Waals surface area contributed by atoms with Gasteiger partial charge in [0, 0.05) is 16.8 Å². The molecule has 3 rings (SSSR count). The Labute approximate surface area is 124 Å². The van der Waals surface area contributed by atoms with Crippen LogP contribution in [0.25, 0.3) is 10.8 Å². The highest BCUT2D eigenvalue weighted by atomic mass is 16.3. The summed E-state index contributed by atoms with van der Waals surface area (Å²) in [5.41, 5.74) is 11.1. The van der Waals surface area contributed by atoms with Gasteiger partial charge in [-0.15, -0.1) is 10.2 Å². The van der Waals surface area contributed by atoms with Crippen molar-refractivity contribution >= 4 is 34.3 Å². The molecule has 0 bridgehead atoms. The van der Waals surface area contributed by atoms with Crippen molar-refractivity contribution in [2.75, 3.05) is 11.5 Å². The molecule has 0 amide bonds. The number of phenolic OH excluding ortho intramolecular Hbond substituents is 2. The molecule has 0 fully saturated rings. The number of nitrogen functional groups attached to an aromatic ring is 2. The second-order valence-electron chi connectivity index (χ2n) is 4.36. The summed E-state index contributed by atoms with van der Waals surface area (Å²) in [7, 11) is 0. The van der Waals surface area contributed by atoms with Gasteiger partial charge in [-0.1, -0.05) is 24.3 Å². The molecular weight excluding hydrogens is 286 g/mol. The van der Waals surface area contributed by atoms with E-state index in [1.165, 1.54) is 6.07 Å². The minimum atomic E-state index is -0.227. The molecule has 1 heterocycles. The molecule has 3 aromatic rings. The van der Waals surface area contributed by atoms with E-state index >= 15 is 0 Å². The van der Waals surface area contributed by atoms with Gasteiger partial charge in [0.1, 0.15) is 17.2 Å². The van der Waals surface area contributed by atoms with E-state index in [-0.39, 0.29) is 35.0 Å². The molecule has 0 saturated carbocycles. The number of nitrogens with zero attached hydrogens (tertiary/aromatic N) is 5. The molecule has 0 atom stereocenters. The van der Waals surface area contributed by atoms with Crippen LogP contribution in [0.1, 0.15) is 0 Å². The topological polar surface area (TPSA) is 156 Å². The molecule has 0 radical (unpaired) electrons. The average molecular weight is 297 g/mol. The predicted octanol–water partition coefficient (Wildman–Crippen LogP) is 2.02. The highest BCUT2D eigenvalue weighted by Crippen LogP contribution is 2.40. The number of fused-ring (bicyclic) bond motifs is 1. The van der Waals surface area contributed by atoms with Gasteiger partial charge in [0.05, 0.1) is 0 Å². The summed E-state index contributed by atoms with van der Waals surface area (Å²) in [6.07, 6.45) is 0. The molecule has 9 heteroatoms. The van der Waals surface area contributed by atoms with Crippen molar-refractivity contribution in [3.8, 4) is 11.5 Å². The highest BCUT2D eigenvalue weighted by molar-refractivity contribution is 5.99. The standard InChI is InChI=1S/C13H11N7O2/c14-11-16-12(15)18-13(17-11)20-19-10-7-4-2-1-3-6(7)8(21)5-9(10)22/h1-5,21-22H,(H4,14,15,16,17,18)/b20-19+.